The molecule has 0 atom stereocenters. The normalized spacial score (nSPS) is 14.3. The summed E-state index contributed by atoms with van der Waals surface area (Å²) >= 11 is 1.27. The number of amides is 1. The van der Waals surface area contributed by atoms with Crippen LogP contribution >= 0.6 is 11.3 Å². The number of nitrogens with zero attached hydrogens (tertiary/aromatic N) is 4. The number of halogens is 1. The van der Waals surface area contributed by atoms with Gasteiger partial charge in [-0.2, -0.15) is 4.98 Å². The summed E-state index contributed by atoms with van der Waals surface area (Å²) in [6.07, 6.45) is 5.60. The van der Waals surface area contributed by atoms with E-state index in [0.29, 0.717) is 32.0 Å². The van der Waals surface area contributed by atoms with Gasteiger partial charge in [-0.25, -0.2) is 9.37 Å². The number of aryl methyl sites for hydroxylation is 1. The molecule has 5 rings (SSSR count). The molecule has 3 aromatic heterocycles. The maximum absolute atomic E-state index is 13.2. The summed E-state index contributed by atoms with van der Waals surface area (Å²) < 4.78 is 19.9. The summed E-state index contributed by atoms with van der Waals surface area (Å²) in [5, 5.41) is 7.40. The van der Waals surface area contributed by atoms with Crippen LogP contribution in [0.3, 0.4) is 0 Å². The van der Waals surface area contributed by atoms with Crippen molar-refractivity contribution in [2.24, 2.45) is 0 Å². The van der Waals surface area contributed by atoms with Crippen molar-refractivity contribution >= 4 is 27.5 Å². The van der Waals surface area contributed by atoms with Crippen molar-refractivity contribution in [1.29, 1.82) is 0 Å². The molecule has 0 spiro atoms. The van der Waals surface area contributed by atoms with Crippen LogP contribution in [0.5, 0.6) is 0 Å². The summed E-state index contributed by atoms with van der Waals surface area (Å²) in [6, 6.07) is 5.98. The molecule has 1 saturated carbocycles. The number of carbonyl (C=O) groups is 1. The second-order valence-corrected chi connectivity index (χ2v) is 8.89. The molecule has 0 saturated heterocycles. The second kappa shape index (κ2) is 8.27. The van der Waals surface area contributed by atoms with Gasteiger partial charge in [0.05, 0.1) is 16.6 Å². The van der Waals surface area contributed by atoms with E-state index in [1.54, 1.807) is 19.1 Å². The highest BCUT2D eigenvalue weighted by atomic mass is 32.1. The molecular formula is C22H20FN5O3S. The van der Waals surface area contributed by atoms with Crippen LogP contribution in [0.15, 0.2) is 39.9 Å². The topological polar surface area (TPSA) is 103 Å². The fourth-order valence-corrected chi connectivity index (χ4v) is 5.07. The lowest BCUT2D eigenvalue weighted by Crippen LogP contribution is -2.37. The molecule has 0 unspecified atom stereocenters. The van der Waals surface area contributed by atoms with Crippen molar-refractivity contribution in [1.82, 2.24) is 25.0 Å². The Balaban J connectivity index is 1.44. The predicted octanol–water partition coefficient (Wildman–Crippen LogP) is 3.68. The number of nitrogens with one attached hydrogen (secondary N) is 1. The van der Waals surface area contributed by atoms with Crippen LogP contribution in [0, 0.1) is 12.7 Å². The van der Waals surface area contributed by atoms with E-state index in [4.69, 9.17) is 4.52 Å². The third-order valence-corrected chi connectivity index (χ3v) is 6.86. The number of fused-ring (bicyclic) bond motifs is 1. The van der Waals surface area contributed by atoms with Crippen LogP contribution in [0.1, 0.15) is 31.2 Å². The van der Waals surface area contributed by atoms with Crippen molar-refractivity contribution in [3.05, 3.63) is 52.3 Å². The molecule has 1 N–H and O–H groups in total. The van der Waals surface area contributed by atoms with Gasteiger partial charge in [0.15, 0.2) is 0 Å². The van der Waals surface area contributed by atoms with E-state index < -0.39 is 0 Å². The molecule has 164 valence electrons. The number of benzene rings is 1. The SMILES string of the molecule is Cc1c(-c2nc(-c3ccc(F)cc3)no2)sc2ncn(CC(=O)NC3CCCC3)c(=O)c12. The lowest BCUT2D eigenvalue weighted by molar-refractivity contribution is -0.122. The zero-order valence-electron chi connectivity index (χ0n) is 17.3. The molecule has 1 fully saturated rings. The third-order valence-electron chi connectivity index (χ3n) is 5.67. The first-order valence-electron chi connectivity index (χ1n) is 10.4. The monoisotopic (exact) mass is 453 g/mol. The van der Waals surface area contributed by atoms with Crippen molar-refractivity contribution < 1.29 is 13.7 Å². The first-order valence-corrected chi connectivity index (χ1v) is 11.2. The Morgan fingerprint density at radius 1 is 1.28 bits per heavy atom. The van der Waals surface area contributed by atoms with Crippen LogP contribution in [0.2, 0.25) is 0 Å². The molecule has 0 aliphatic heterocycles. The summed E-state index contributed by atoms with van der Waals surface area (Å²) in [5.74, 6) is 0.0479. The van der Waals surface area contributed by atoms with Crippen LogP contribution in [-0.2, 0) is 11.3 Å². The third kappa shape index (κ3) is 3.81. The van der Waals surface area contributed by atoms with Gasteiger partial charge in [0.2, 0.25) is 11.7 Å². The summed E-state index contributed by atoms with van der Waals surface area (Å²) in [7, 11) is 0. The van der Waals surface area contributed by atoms with Gasteiger partial charge in [-0.05, 0) is 49.6 Å². The van der Waals surface area contributed by atoms with Crippen molar-refractivity contribution in [3.63, 3.8) is 0 Å². The number of hydrogen-bond donors (Lipinski definition) is 1. The van der Waals surface area contributed by atoms with Gasteiger partial charge in [0, 0.05) is 11.6 Å². The Labute approximate surface area is 186 Å². The minimum Gasteiger partial charge on any atom is -0.352 e. The molecule has 1 aliphatic carbocycles. The summed E-state index contributed by atoms with van der Waals surface area (Å²) in [6.45, 7) is 1.72. The second-order valence-electron chi connectivity index (χ2n) is 7.89. The van der Waals surface area contributed by atoms with E-state index in [1.165, 1.54) is 34.4 Å². The van der Waals surface area contributed by atoms with Crippen molar-refractivity contribution in [2.75, 3.05) is 0 Å². The number of rotatable bonds is 5. The molecule has 1 aliphatic rings. The Bertz CT molecular complexity index is 1350. The van der Waals surface area contributed by atoms with E-state index in [-0.39, 0.29) is 35.8 Å². The van der Waals surface area contributed by atoms with Crippen molar-refractivity contribution in [2.45, 2.75) is 45.2 Å². The average Bonchev–Trinajstić information content (AvgIpc) is 3.51. The van der Waals surface area contributed by atoms with Gasteiger partial charge >= 0.3 is 0 Å². The first-order chi connectivity index (χ1) is 15.5. The minimum absolute atomic E-state index is 0.0713. The largest absolute Gasteiger partial charge is 0.352 e. The molecular weight excluding hydrogens is 433 g/mol. The number of aromatic nitrogens is 4. The first kappa shape index (κ1) is 20.5. The summed E-state index contributed by atoms with van der Waals surface area (Å²) in [5.41, 5.74) is 1.01. The highest BCUT2D eigenvalue weighted by Gasteiger charge is 2.22. The molecule has 1 amide bonds. The maximum atomic E-state index is 13.2. The lowest BCUT2D eigenvalue weighted by Gasteiger charge is -2.12. The molecule has 1 aromatic carbocycles. The molecule has 10 heteroatoms. The van der Waals surface area contributed by atoms with Gasteiger partial charge in [-0.3, -0.25) is 14.2 Å². The van der Waals surface area contributed by atoms with E-state index >= 15 is 0 Å². The molecule has 8 nitrogen and oxygen atoms in total. The smallest absolute Gasteiger partial charge is 0.268 e. The van der Waals surface area contributed by atoms with Gasteiger partial charge < -0.3 is 9.84 Å². The Kier molecular flexibility index (Phi) is 5.30. The molecule has 3 heterocycles. The Morgan fingerprint density at radius 3 is 2.78 bits per heavy atom. The van der Waals surface area contributed by atoms with E-state index in [9.17, 15) is 14.0 Å². The fraction of sp³-hybridized carbons (Fsp3) is 0.318. The highest BCUT2D eigenvalue weighted by Crippen LogP contribution is 2.35. The summed E-state index contributed by atoms with van der Waals surface area (Å²) in [4.78, 5) is 35.4. The van der Waals surface area contributed by atoms with E-state index in [0.717, 1.165) is 25.7 Å². The zero-order valence-corrected chi connectivity index (χ0v) is 18.1. The zero-order chi connectivity index (χ0) is 22.2. The van der Waals surface area contributed by atoms with Gasteiger partial charge in [0.25, 0.3) is 11.4 Å². The molecule has 0 radical (unpaired) electrons. The fourth-order valence-electron chi connectivity index (χ4n) is 4.01. The van der Waals surface area contributed by atoms with Crippen LogP contribution < -0.4 is 10.9 Å². The minimum atomic E-state index is -0.350. The Morgan fingerprint density at radius 2 is 2.03 bits per heavy atom. The van der Waals surface area contributed by atoms with Crippen molar-refractivity contribution in [3.8, 4) is 22.2 Å². The van der Waals surface area contributed by atoms with Gasteiger partial charge in [-0.1, -0.05) is 18.0 Å². The van der Waals surface area contributed by atoms with Crippen LogP contribution in [0.4, 0.5) is 4.39 Å². The number of thiophene rings is 1. The number of hydrogen-bond acceptors (Lipinski definition) is 7. The molecule has 32 heavy (non-hydrogen) atoms. The van der Waals surface area contributed by atoms with Gasteiger partial charge in [-0.15, -0.1) is 11.3 Å². The predicted molar refractivity (Wildman–Crippen MR) is 118 cm³/mol. The number of carbonyl (C=O) groups excluding carboxylic acids is 1. The van der Waals surface area contributed by atoms with Crippen LogP contribution in [0.25, 0.3) is 32.4 Å². The highest BCUT2D eigenvalue weighted by molar-refractivity contribution is 7.22. The average molecular weight is 453 g/mol. The molecule has 0 bridgehead atoms. The Hall–Kier alpha value is -3.40. The molecule has 4 aromatic rings. The lowest BCUT2D eigenvalue weighted by atomic mass is 10.2. The van der Waals surface area contributed by atoms with E-state index in [2.05, 4.69) is 20.4 Å². The van der Waals surface area contributed by atoms with Crippen LogP contribution in [-0.4, -0.2) is 31.6 Å². The van der Waals surface area contributed by atoms with E-state index in [1.807, 2.05) is 0 Å². The standard InChI is InChI=1S/C22H20FN5O3S/c1-12-17-21(24-11-28(22(17)30)10-16(29)25-15-4-2-3-5-15)32-18(12)20-26-19(27-31-20)13-6-8-14(23)9-7-13/h6-9,11,15H,2-5,10H2,1H3,(H,25,29). The quantitative estimate of drug-likeness (QED) is 0.495. The maximum Gasteiger partial charge on any atom is 0.268 e. The van der Waals surface area contributed by atoms with Gasteiger partial charge in [0.1, 0.15) is 17.2 Å².